The second kappa shape index (κ2) is 7.35. The first-order valence-electron chi connectivity index (χ1n) is 12.8. The Bertz CT molecular complexity index is 867. The topological polar surface area (TPSA) is 58.0 Å². The third kappa shape index (κ3) is 3.19. The van der Waals surface area contributed by atoms with Crippen LogP contribution in [0.2, 0.25) is 0 Å². The lowest BCUT2D eigenvalue weighted by Gasteiger charge is -2.57. The van der Waals surface area contributed by atoms with Crippen molar-refractivity contribution >= 4 is 17.0 Å². The maximum Gasteiger partial charge on any atom is 0.190 e. The molecule has 6 rings (SSSR count). The van der Waals surface area contributed by atoms with Crippen molar-refractivity contribution in [3.63, 3.8) is 0 Å². The summed E-state index contributed by atoms with van der Waals surface area (Å²) >= 11 is -1.04. The number of carbonyl (C=O) groups is 1. The van der Waals surface area contributed by atoms with Crippen LogP contribution in [0, 0.1) is 58.7 Å². The molecule has 0 saturated heterocycles. The number of ketones is 1. The van der Waals surface area contributed by atoms with Gasteiger partial charge in [-0.15, -0.1) is 0 Å². The zero-order valence-corrected chi connectivity index (χ0v) is 20.2. The van der Waals surface area contributed by atoms with Crippen LogP contribution in [0.15, 0.2) is 17.3 Å². The van der Waals surface area contributed by atoms with Gasteiger partial charge >= 0.3 is 0 Å². The lowest BCUT2D eigenvalue weighted by atomic mass is 9.48. The fourth-order valence-electron chi connectivity index (χ4n) is 9.50. The molecule has 0 spiro atoms. The molecule has 5 saturated carbocycles. The summed E-state index contributed by atoms with van der Waals surface area (Å²) in [6, 6.07) is 0. The molecule has 0 aliphatic heterocycles. The number of nitrogens with zero attached hydrogens (tertiary/aromatic N) is 2. The fraction of sp³-hybridized carbons (Fsp3) is 0.846. The van der Waals surface area contributed by atoms with E-state index in [0.717, 1.165) is 41.4 Å². The number of aromatic nitrogens is 2. The van der Waals surface area contributed by atoms with Crippen LogP contribution in [0.3, 0.4) is 0 Å². The minimum atomic E-state index is -1.04. The van der Waals surface area contributed by atoms with E-state index in [1.54, 1.807) is 23.3 Å². The highest BCUT2D eigenvalue weighted by molar-refractivity contribution is 7.90. The van der Waals surface area contributed by atoms with Crippen molar-refractivity contribution in [3.05, 3.63) is 12.4 Å². The molecule has 0 amide bonds. The fourth-order valence-corrected chi connectivity index (χ4v) is 9.96. The first kappa shape index (κ1) is 20.8. The van der Waals surface area contributed by atoms with Gasteiger partial charge in [0, 0.05) is 5.92 Å². The van der Waals surface area contributed by atoms with Crippen molar-refractivity contribution in [1.82, 2.24) is 9.78 Å². The molecule has 0 aromatic carbocycles. The van der Waals surface area contributed by atoms with Crippen molar-refractivity contribution in [2.75, 3.05) is 6.26 Å². The normalized spacial score (nSPS) is 48.8. The molecule has 5 heteroatoms. The van der Waals surface area contributed by atoms with E-state index in [-0.39, 0.29) is 11.3 Å². The Balaban J connectivity index is 1.21. The average molecular weight is 443 g/mol. The van der Waals surface area contributed by atoms with E-state index in [9.17, 15) is 9.35 Å². The summed E-state index contributed by atoms with van der Waals surface area (Å²) in [5.41, 5.74) is 0.199. The monoisotopic (exact) mass is 442 g/mol. The summed E-state index contributed by atoms with van der Waals surface area (Å²) in [4.78, 5) is 14.3. The summed E-state index contributed by atoms with van der Waals surface area (Å²) in [6.07, 6.45) is 16.3. The molecule has 170 valence electrons. The summed E-state index contributed by atoms with van der Waals surface area (Å²) in [5, 5.41) is 4.33. The zero-order chi connectivity index (χ0) is 21.5. The number of rotatable bonds is 4. The minimum Gasteiger partial charge on any atom is -0.612 e. The second-order valence-corrected chi connectivity index (χ2v) is 13.5. The molecule has 1 heterocycles. The van der Waals surface area contributed by atoms with E-state index in [0.29, 0.717) is 23.1 Å². The van der Waals surface area contributed by atoms with E-state index in [1.165, 1.54) is 51.4 Å². The van der Waals surface area contributed by atoms with Gasteiger partial charge in [-0.25, -0.2) is 0 Å². The minimum absolute atomic E-state index is 0.199. The van der Waals surface area contributed by atoms with Gasteiger partial charge in [0.1, 0.15) is 12.5 Å². The van der Waals surface area contributed by atoms with Crippen LogP contribution in [0.1, 0.15) is 65.2 Å². The van der Waals surface area contributed by atoms with Gasteiger partial charge in [0.2, 0.25) is 0 Å². The van der Waals surface area contributed by atoms with Crippen LogP contribution in [0.4, 0.5) is 0 Å². The third-order valence-corrected chi connectivity index (χ3v) is 11.5. The van der Waals surface area contributed by atoms with Gasteiger partial charge in [0.25, 0.3) is 0 Å². The summed E-state index contributed by atoms with van der Waals surface area (Å²) in [5.74, 6) is 7.52. The SMILES string of the molecule is C[C@H]1CC[C@H]2[C@H](CC[C@H]3C4[C@@H]5C[C@@H]5[C@H](C(=O)Cn5cc([S+](C)[O-])cn5)[C@@]4(C)CC[C@H]23)C1. The predicted molar refractivity (Wildman–Crippen MR) is 122 cm³/mol. The second-order valence-electron chi connectivity index (χ2n) is 12.2. The zero-order valence-electron chi connectivity index (χ0n) is 19.3. The van der Waals surface area contributed by atoms with Crippen LogP contribution in [0.5, 0.6) is 0 Å². The molecule has 5 aliphatic carbocycles. The standard InChI is InChI=1S/C26H38N2O2S/c1-15-4-6-18-16(10-15)5-7-20-19(18)8-9-26(2)24(20)21-11-22(21)25(26)23(29)14-28-13-17(12-27-28)31(3)30/h12-13,15-16,18-22,24-25H,4-11,14H2,1-3H3/t15-,16+,18-,19+,20+,21+,22-,24?,25+,26-,31?/m0/s1. The molecule has 1 aromatic rings. The van der Waals surface area contributed by atoms with Gasteiger partial charge < -0.3 is 4.55 Å². The Morgan fingerprint density at radius 2 is 1.94 bits per heavy atom. The number of hydrogen-bond acceptors (Lipinski definition) is 3. The van der Waals surface area contributed by atoms with Gasteiger partial charge in [-0.05, 0) is 109 Å². The van der Waals surface area contributed by atoms with E-state index in [2.05, 4.69) is 18.9 Å². The molecule has 4 nitrogen and oxygen atoms in total. The van der Waals surface area contributed by atoms with E-state index in [1.807, 2.05) is 0 Å². The van der Waals surface area contributed by atoms with Gasteiger partial charge in [-0.2, -0.15) is 5.10 Å². The van der Waals surface area contributed by atoms with Gasteiger partial charge in [-0.1, -0.05) is 20.3 Å². The van der Waals surface area contributed by atoms with Crippen molar-refractivity contribution in [2.24, 2.45) is 58.7 Å². The Morgan fingerprint density at radius 1 is 1.13 bits per heavy atom. The molecule has 1 aromatic heterocycles. The molecule has 5 fully saturated rings. The maximum absolute atomic E-state index is 13.6. The molecule has 2 unspecified atom stereocenters. The van der Waals surface area contributed by atoms with Crippen LogP contribution in [-0.4, -0.2) is 26.4 Å². The molecule has 5 aliphatic rings. The Kier molecular flexibility index (Phi) is 4.92. The van der Waals surface area contributed by atoms with Gasteiger partial charge in [0.05, 0.1) is 12.7 Å². The lowest BCUT2D eigenvalue weighted by molar-refractivity contribution is -0.134. The quantitative estimate of drug-likeness (QED) is 0.620. The largest absolute Gasteiger partial charge is 0.612 e. The Labute approximate surface area is 190 Å². The van der Waals surface area contributed by atoms with E-state index >= 15 is 0 Å². The first-order valence-corrected chi connectivity index (χ1v) is 14.3. The molecular weight excluding hydrogens is 404 g/mol. The molecule has 0 radical (unpaired) electrons. The number of hydrogen-bond donors (Lipinski definition) is 0. The highest BCUT2D eigenvalue weighted by Crippen LogP contribution is 2.74. The molecular formula is C26H38N2O2S. The summed E-state index contributed by atoms with van der Waals surface area (Å²) in [7, 11) is 0. The average Bonchev–Trinajstić information content (AvgIpc) is 3.22. The number of fused-ring (bicyclic) bond motifs is 7. The molecule has 0 N–H and O–H groups in total. The third-order valence-electron chi connectivity index (χ3n) is 10.6. The van der Waals surface area contributed by atoms with Crippen molar-refractivity contribution in [3.8, 4) is 0 Å². The Hall–Kier alpha value is -0.810. The van der Waals surface area contributed by atoms with Crippen molar-refractivity contribution in [2.45, 2.75) is 76.7 Å². The van der Waals surface area contributed by atoms with Gasteiger partial charge in [0.15, 0.2) is 10.7 Å². The molecule has 0 bridgehead atoms. The van der Waals surface area contributed by atoms with Crippen molar-refractivity contribution < 1.29 is 9.35 Å². The number of Topliss-reactive ketones (excluding diaryl/α,β-unsaturated/α-hetero) is 1. The molecule has 31 heavy (non-hydrogen) atoms. The highest BCUT2D eigenvalue weighted by atomic mass is 32.2. The Morgan fingerprint density at radius 3 is 2.71 bits per heavy atom. The van der Waals surface area contributed by atoms with E-state index < -0.39 is 11.2 Å². The lowest BCUT2D eigenvalue weighted by Crippen LogP contribution is -2.51. The smallest absolute Gasteiger partial charge is 0.190 e. The number of carbonyl (C=O) groups excluding carboxylic acids is 1. The van der Waals surface area contributed by atoms with Crippen LogP contribution in [-0.2, 0) is 22.5 Å². The highest BCUT2D eigenvalue weighted by Gasteiger charge is 2.70. The van der Waals surface area contributed by atoms with Crippen LogP contribution >= 0.6 is 0 Å². The van der Waals surface area contributed by atoms with Crippen LogP contribution < -0.4 is 0 Å². The maximum atomic E-state index is 13.6. The van der Waals surface area contributed by atoms with Gasteiger partial charge in [-0.3, -0.25) is 9.48 Å². The summed E-state index contributed by atoms with van der Waals surface area (Å²) < 4.78 is 13.5. The summed E-state index contributed by atoms with van der Waals surface area (Å²) in [6.45, 7) is 5.29. The first-order chi connectivity index (χ1) is 14.9. The van der Waals surface area contributed by atoms with Crippen LogP contribution in [0.25, 0.3) is 0 Å². The molecule has 11 atom stereocenters. The predicted octanol–water partition coefficient (Wildman–Crippen LogP) is 4.95. The van der Waals surface area contributed by atoms with E-state index in [4.69, 9.17) is 0 Å². The van der Waals surface area contributed by atoms with Crippen molar-refractivity contribution in [1.29, 1.82) is 0 Å².